The van der Waals surface area contributed by atoms with Crippen LogP contribution in [0.5, 0.6) is 0 Å². The summed E-state index contributed by atoms with van der Waals surface area (Å²) in [6, 6.07) is 0. The molecular weight excluding hydrogens is 148 g/mol. The molecule has 0 atom stereocenters. The highest BCUT2D eigenvalue weighted by Crippen LogP contribution is 2.15. The van der Waals surface area contributed by atoms with Crippen molar-refractivity contribution in [3.05, 3.63) is 24.3 Å². The second-order valence-electron chi connectivity index (χ2n) is 3.75. The lowest BCUT2D eigenvalue weighted by Crippen LogP contribution is -2.21. The van der Waals surface area contributed by atoms with Crippen molar-refractivity contribution in [2.75, 3.05) is 7.11 Å². The standard InChI is InChI=1S/C11H20O/c1-10(2)8-6-7-9-11(3,4)12-5/h6,8H,1,7,9H2,2-5H3/b8-6+. The number of hydrogen-bond acceptors (Lipinski definition) is 1. The molecule has 1 nitrogen and oxygen atoms in total. The van der Waals surface area contributed by atoms with Crippen molar-refractivity contribution < 1.29 is 4.74 Å². The summed E-state index contributed by atoms with van der Waals surface area (Å²) < 4.78 is 5.29. The number of hydrogen-bond donors (Lipinski definition) is 0. The molecule has 0 rings (SSSR count). The Morgan fingerprint density at radius 1 is 1.50 bits per heavy atom. The van der Waals surface area contributed by atoms with E-state index >= 15 is 0 Å². The summed E-state index contributed by atoms with van der Waals surface area (Å²) >= 11 is 0. The van der Waals surface area contributed by atoms with Crippen molar-refractivity contribution >= 4 is 0 Å². The first kappa shape index (κ1) is 11.4. The van der Waals surface area contributed by atoms with Crippen LogP contribution in [0, 0.1) is 0 Å². The zero-order valence-electron chi connectivity index (χ0n) is 8.68. The molecule has 0 aromatic heterocycles. The molecule has 0 aliphatic carbocycles. The van der Waals surface area contributed by atoms with E-state index in [0.29, 0.717) is 0 Å². The second-order valence-corrected chi connectivity index (χ2v) is 3.75. The van der Waals surface area contributed by atoms with Crippen LogP contribution >= 0.6 is 0 Å². The van der Waals surface area contributed by atoms with Gasteiger partial charge >= 0.3 is 0 Å². The third-order valence-electron chi connectivity index (χ3n) is 1.87. The van der Waals surface area contributed by atoms with Gasteiger partial charge in [-0.15, -0.1) is 0 Å². The maximum Gasteiger partial charge on any atom is 0.0625 e. The van der Waals surface area contributed by atoms with E-state index in [1.54, 1.807) is 7.11 Å². The first-order chi connectivity index (χ1) is 5.48. The highest BCUT2D eigenvalue weighted by Gasteiger charge is 2.13. The molecule has 0 amide bonds. The largest absolute Gasteiger partial charge is 0.379 e. The Kier molecular flexibility index (Phi) is 4.91. The molecule has 0 saturated heterocycles. The van der Waals surface area contributed by atoms with Crippen molar-refractivity contribution in [3.63, 3.8) is 0 Å². The molecule has 0 N–H and O–H groups in total. The van der Waals surface area contributed by atoms with Gasteiger partial charge in [0.15, 0.2) is 0 Å². The van der Waals surface area contributed by atoms with Gasteiger partial charge in [-0.2, -0.15) is 0 Å². The summed E-state index contributed by atoms with van der Waals surface area (Å²) in [7, 11) is 1.75. The van der Waals surface area contributed by atoms with Gasteiger partial charge in [-0.05, 0) is 33.6 Å². The lowest BCUT2D eigenvalue weighted by Gasteiger charge is -2.21. The van der Waals surface area contributed by atoms with Gasteiger partial charge < -0.3 is 4.74 Å². The molecule has 1 heteroatoms. The maximum absolute atomic E-state index is 5.29. The SMILES string of the molecule is C=C(C)/C=C/CCC(C)(C)OC. The van der Waals surface area contributed by atoms with Crippen LogP contribution in [0.15, 0.2) is 24.3 Å². The first-order valence-electron chi connectivity index (χ1n) is 4.35. The van der Waals surface area contributed by atoms with E-state index in [0.717, 1.165) is 18.4 Å². The highest BCUT2D eigenvalue weighted by atomic mass is 16.5. The van der Waals surface area contributed by atoms with Gasteiger partial charge in [0.1, 0.15) is 0 Å². The molecular formula is C11H20O. The Balaban J connectivity index is 3.63. The summed E-state index contributed by atoms with van der Waals surface area (Å²) in [5.41, 5.74) is 1.10. The van der Waals surface area contributed by atoms with Crippen LogP contribution in [-0.2, 0) is 4.74 Å². The van der Waals surface area contributed by atoms with Crippen molar-refractivity contribution in [1.82, 2.24) is 0 Å². The van der Waals surface area contributed by atoms with E-state index in [-0.39, 0.29) is 5.60 Å². The maximum atomic E-state index is 5.29. The number of allylic oxidation sites excluding steroid dienone is 3. The van der Waals surface area contributed by atoms with E-state index in [1.165, 1.54) is 0 Å². The molecule has 12 heavy (non-hydrogen) atoms. The van der Waals surface area contributed by atoms with E-state index in [1.807, 2.05) is 13.0 Å². The van der Waals surface area contributed by atoms with Gasteiger partial charge in [0, 0.05) is 7.11 Å². The van der Waals surface area contributed by atoms with Crippen LogP contribution in [0.4, 0.5) is 0 Å². The monoisotopic (exact) mass is 168 g/mol. The van der Waals surface area contributed by atoms with Crippen LogP contribution in [-0.4, -0.2) is 12.7 Å². The minimum absolute atomic E-state index is 0.000581. The summed E-state index contributed by atoms with van der Waals surface area (Å²) in [4.78, 5) is 0. The van der Waals surface area contributed by atoms with Gasteiger partial charge in [0.05, 0.1) is 5.60 Å². The zero-order valence-corrected chi connectivity index (χ0v) is 8.68. The molecule has 0 aliphatic rings. The average molecular weight is 168 g/mol. The zero-order chi connectivity index (χ0) is 9.61. The van der Waals surface area contributed by atoms with Crippen molar-refractivity contribution in [2.45, 2.75) is 39.2 Å². The molecule has 0 aromatic carbocycles. The Labute approximate surface area is 76.1 Å². The van der Waals surface area contributed by atoms with Crippen LogP contribution in [0.2, 0.25) is 0 Å². The first-order valence-corrected chi connectivity index (χ1v) is 4.35. The number of rotatable bonds is 5. The van der Waals surface area contributed by atoms with Crippen LogP contribution in [0.1, 0.15) is 33.6 Å². The van der Waals surface area contributed by atoms with Crippen molar-refractivity contribution in [3.8, 4) is 0 Å². The summed E-state index contributed by atoms with van der Waals surface area (Å²) in [5.74, 6) is 0. The van der Waals surface area contributed by atoms with Crippen LogP contribution < -0.4 is 0 Å². The molecule has 0 heterocycles. The second kappa shape index (κ2) is 5.15. The van der Waals surface area contributed by atoms with Gasteiger partial charge in [-0.25, -0.2) is 0 Å². The highest BCUT2D eigenvalue weighted by molar-refractivity contribution is 5.10. The molecule has 0 aliphatic heterocycles. The summed E-state index contributed by atoms with van der Waals surface area (Å²) in [6.07, 6.45) is 6.29. The predicted molar refractivity (Wildman–Crippen MR) is 54.3 cm³/mol. The fourth-order valence-electron chi connectivity index (χ4n) is 0.818. The molecule has 0 spiro atoms. The minimum Gasteiger partial charge on any atom is -0.379 e. The third-order valence-corrected chi connectivity index (χ3v) is 1.87. The van der Waals surface area contributed by atoms with E-state index in [2.05, 4.69) is 26.5 Å². The molecule has 0 unspecified atom stereocenters. The summed E-state index contributed by atoms with van der Waals surface area (Å²) in [5, 5.41) is 0. The fourth-order valence-corrected chi connectivity index (χ4v) is 0.818. The topological polar surface area (TPSA) is 9.23 Å². The molecule has 0 fully saturated rings. The Bertz CT molecular complexity index is 166. The van der Waals surface area contributed by atoms with Gasteiger partial charge in [-0.3, -0.25) is 0 Å². The Morgan fingerprint density at radius 3 is 2.50 bits per heavy atom. The molecule has 0 bridgehead atoms. The van der Waals surface area contributed by atoms with E-state index < -0.39 is 0 Å². The predicted octanol–water partition coefficient (Wildman–Crippen LogP) is 3.32. The van der Waals surface area contributed by atoms with Gasteiger partial charge in [-0.1, -0.05) is 24.3 Å². The molecule has 0 radical (unpaired) electrons. The number of methoxy groups -OCH3 is 1. The molecule has 0 aromatic rings. The summed E-state index contributed by atoms with van der Waals surface area (Å²) in [6.45, 7) is 9.99. The Hall–Kier alpha value is -0.560. The average Bonchev–Trinajstić information content (AvgIpc) is 1.98. The fraction of sp³-hybridized carbons (Fsp3) is 0.636. The lowest BCUT2D eigenvalue weighted by atomic mass is 10.0. The van der Waals surface area contributed by atoms with Gasteiger partial charge in [0.2, 0.25) is 0 Å². The third kappa shape index (κ3) is 6.17. The molecule has 0 saturated carbocycles. The smallest absolute Gasteiger partial charge is 0.0625 e. The van der Waals surface area contributed by atoms with Crippen molar-refractivity contribution in [2.24, 2.45) is 0 Å². The van der Waals surface area contributed by atoms with E-state index in [9.17, 15) is 0 Å². The quantitative estimate of drug-likeness (QED) is 0.572. The van der Waals surface area contributed by atoms with Crippen LogP contribution in [0.25, 0.3) is 0 Å². The van der Waals surface area contributed by atoms with Gasteiger partial charge in [0.25, 0.3) is 0 Å². The van der Waals surface area contributed by atoms with Crippen molar-refractivity contribution in [1.29, 1.82) is 0 Å². The Morgan fingerprint density at radius 2 is 2.08 bits per heavy atom. The lowest BCUT2D eigenvalue weighted by molar-refractivity contribution is 0.0163. The molecule has 70 valence electrons. The van der Waals surface area contributed by atoms with E-state index in [4.69, 9.17) is 4.74 Å². The van der Waals surface area contributed by atoms with Crippen LogP contribution in [0.3, 0.4) is 0 Å². The normalized spacial score (nSPS) is 12.3. The minimum atomic E-state index is -0.000581. The number of ether oxygens (including phenoxy) is 1.